The maximum Gasteiger partial charge on any atom is 0.254 e. The number of nitrogens with zero attached hydrogens (tertiary/aromatic N) is 4. The number of benzene rings is 1. The standard InChI is InChI=1S/C23H26N4O4/c1-14-16-7-9-20(28)26(2)22(16)25-21(24-14)17-5-3-4-10-27(17)23(29)15-6-8-18-19(13-15)31-12-11-30-18/h6,8,13,17H,3-5,7,9-12H2,1-2H3/t17-/m1/s1. The van der Waals surface area contributed by atoms with Crippen molar-refractivity contribution in [3.8, 4) is 11.5 Å². The average molecular weight is 422 g/mol. The van der Waals surface area contributed by atoms with E-state index in [0.29, 0.717) is 61.3 Å². The van der Waals surface area contributed by atoms with Crippen molar-refractivity contribution in [2.24, 2.45) is 0 Å². The summed E-state index contributed by atoms with van der Waals surface area (Å²) in [6, 6.07) is 5.12. The molecule has 2 amide bonds. The third-order valence-electron chi connectivity index (χ3n) is 6.34. The molecule has 31 heavy (non-hydrogen) atoms. The van der Waals surface area contributed by atoms with Crippen molar-refractivity contribution in [2.45, 2.75) is 45.1 Å². The molecule has 0 saturated carbocycles. The normalized spacial score (nSPS) is 20.5. The van der Waals surface area contributed by atoms with Gasteiger partial charge in [0.25, 0.3) is 5.91 Å². The van der Waals surface area contributed by atoms with Gasteiger partial charge < -0.3 is 14.4 Å². The summed E-state index contributed by atoms with van der Waals surface area (Å²) >= 11 is 0. The molecule has 162 valence electrons. The number of amides is 2. The van der Waals surface area contributed by atoms with Crippen LogP contribution in [0.4, 0.5) is 5.82 Å². The Balaban J connectivity index is 1.48. The average Bonchev–Trinajstić information content (AvgIpc) is 2.80. The number of ether oxygens (including phenoxy) is 2. The summed E-state index contributed by atoms with van der Waals surface area (Å²) < 4.78 is 11.2. The van der Waals surface area contributed by atoms with Gasteiger partial charge in [-0.3, -0.25) is 14.5 Å². The van der Waals surface area contributed by atoms with Crippen LogP contribution in [0, 0.1) is 6.92 Å². The lowest BCUT2D eigenvalue weighted by molar-refractivity contribution is -0.118. The molecular formula is C23H26N4O4. The highest BCUT2D eigenvalue weighted by molar-refractivity contribution is 5.96. The fraction of sp³-hybridized carbons (Fsp3) is 0.478. The SMILES string of the molecule is Cc1nc([C@H]2CCCCN2C(=O)c2ccc3c(c2)OCCO3)nc2c1CCC(=O)N2C. The highest BCUT2D eigenvalue weighted by Gasteiger charge is 2.33. The van der Waals surface area contributed by atoms with Gasteiger partial charge in [-0.25, -0.2) is 9.97 Å². The lowest BCUT2D eigenvalue weighted by Gasteiger charge is -2.36. The molecule has 0 aliphatic carbocycles. The summed E-state index contributed by atoms with van der Waals surface area (Å²) in [6.07, 6.45) is 3.88. The molecule has 1 aromatic heterocycles. The molecule has 0 bridgehead atoms. The third kappa shape index (κ3) is 3.49. The molecule has 0 N–H and O–H groups in total. The minimum absolute atomic E-state index is 0.0596. The van der Waals surface area contributed by atoms with Gasteiger partial charge >= 0.3 is 0 Å². The Labute approximate surface area is 181 Å². The lowest BCUT2D eigenvalue weighted by atomic mass is 9.98. The van der Waals surface area contributed by atoms with E-state index < -0.39 is 0 Å². The van der Waals surface area contributed by atoms with Gasteiger partial charge in [0.15, 0.2) is 17.3 Å². The molecule has 4 heterocycles. The predicted molar refractivity (Wildman–Crippen MR) is 114 cm³/mol. The molecule has 2 aromatic rings. The van der Waals surface area contributed by atoms with E-state index in [9.17, 15) is 9.59 Å². The van der Waals surface area contributed by atoms with Crippen LogP contribution in [-0.4, -0.2) is 53.5 Å². The lowest BCUT2D eigenvalue weighted by Crippen LogP contribution is -2.40. The highest BCUT2D eigenvalue weighted by atomic mass is 16.6. The van der Waals surface area contributed by atoms with Crippen molar-refractivity contribution in [1.82, 2.24) is 14.9 Å². The highest BCUT2D eigenvalue weighted by Crippen LogP contribution is 2.36. The van der Waals surface area contributed by atoms with Crippen LogP contribution in [0.25, 0.3) is 0 Å². The Hall–Kier alpha value is -3.16. The van der Waals surface area contributed by atoms with Gasteiger partial charge in [-0.05, 0) is 50.8 Å². The van der Waals surface area contributed by atoms with Crippen LogP contribution < -0.4 is 14.4 Å². The van der Waals surface area contributed by atoms with Crippen molar-refractivity contribution < 1.29 is 19.1 Å². The van der Waals surface area contributed by atoms with Crippen LogP contribution in [0.3, 0.4) is 0 Å². The first-order valence-corrected chi connectivity index (χ1v) is 10.9. The minimum Gasteiger partial charge on any atom is -0.486 e. The fourth-order valence-corrected chi connectivity index (χ4v) is 4.62. The number of carbonyl (C=O) groups is 2. The van der Waals surface area contributed by atoms with Gasteiger partial charge in [-0.1, -0.05) is 0 Å². The van der Waals surface area contributed by atoms with Gasteiger partial charge in [-0.2, -0.15) is 0 Å². The molecule has 3 aliphatic rings. The predicted octanol–water partition coefficient (Wildman–Crippen LogP) is 2.83. The topological polar surface area (TPSA) is 84.9 Å². The van der Waals surface area contributed by atoms with Crippen molar-refractivity contribution in [3.05, 3.63) is 40.8 Å². The quantitative estimate of drug-likeness (QED) is 0.740. The van der Waals surface area contributed by atoms with Gasteiger partial charge in [0.2, 0.25) is 5.91 Å². The van der Waals surface area contributed by atoms with Crippen molar-refractivity contribution in [2.75, 3.05) is 31.7 Å². The van der Waals surface area contributed by atoms with Gasteiger partial charge in [0.05, 0.1) is 6.04 Å². The first kappa shape index (κ1) is 19.8. The zero-order valence-corrected chi connectivity index (χ0v) is 17.9. The van der Waals surface area contributed by atoms with E-state index in [2.05, 4.69) is 0 Å². The number of hydrogen-bond donors (Lipinski definition) is 0. The Bertz CT molecular complexity index is 1050. The van der Waals surface area contributed by atoms with Crippen LogP contribution in [0.5, 0.6) is 11.5 Å². The second-order valence-electron chi connectivity index (χ2n) is 8.29. The van der Waals surface area contributed by atoms with E-state index >= 15 is 0 Å². The molecular weight excluding hydrogens is 396 g/mol. The Morgan fingerprint density at radius 3 is 2.74 bits per heavy atom. The molecule has 3 aliphatic heterocycles. The summed E-state index contributed by atoms with van der Waals surface area (Å²) in [6.45, 7) is 3.60. The van der Waals surface area contributed by atoms with Crippen molar-refractivity contribution in [1.29, 1.82) is 0 Å². The summed E-state index contributed by atoms with van der Waals surface area (Å²) in [5, 5.41) is 0. The molecule has 5 rings (SSSR count). The van der Waals surface area contributed by atoms with Crippen LogP contribution >= 0.6 is 0 Å². The van der Waals surface area contributed by atoms with Crippen LogP contribution in [0.15, 0.2) is 18.2 Å². The first-order chi connectivity index (χ1) is 15.0. The summed E-state index contributed by atoms with van der Waals surface area (Å²) in [7, 11) is 1.76. The molecule has 1 atom stereocenters. The monoisotopic (exact) mass is 422 g/mol. The van der Waals surface area contributed by atoms with Gasteiger partial charge in [0, 0.05) is 36.8 Å². The number of aromatic nitrogens is 2. The van der Waals surface area contributed by atoms with Crippen LogP contribution in [0.2, 0.25) is 0 Å². The van der Waals surface area contributed by atoms with E-state index in [1.807, 2.05) is 11.8 Å². The number of hydrogen-bond acceptors (Lipinski definition) is 6. The van der Waals surface area contributed by atoms with Gasteiger partial charge in [-0.15, -0.1) is 0 Å². The van der Waals surface area contributed by atoms with E-state index in [1.165, 1.54) is 0 Å². The molecule has 1 saturated heterocycles. The smallest absolute Gasteiger partial charge is 0.254 e. The fourth-order valence-electron chi connectivity index (χ4n) is 4.62. The van der Waals surface area contributed by atoms with Crippen molar-refractivity contribution >= 4 is 17.6 Å². The maximum absolute atomic E-state index is 13.5. The Morgan fingerprint density at radius 1 is 1.10 bits per heavy atom. The second-order valence-corrected chi connectivity index (χ2v) is 8.29. The Kier molecular flexibility index (Phi) is 5.00. The number of anilines is 1. The first-order valence-electron chi connectivity index (χ1n) is 10.9. The molecule has 8 nitrogen and oxygen atoms in total. The molecule has 1 aromatic carbocycles. The number of piperidine rings is 1. The van der Waals surface area contributed by atoms with E-state index in [1.54, 1.807) is 30.1 Å². The van der Waals surface area contributed by atoms with E-state index in [0.717, 1.165) is 30.5 Å². The van der Waals surface area contributed by atoms with E-state index in [-0.39, 0.29) is 17.9 Å². The summed E-state index contributed by atoms with van der Waals surface area (Å²) in [5.74, 6) is 2.56. The van der Waals surface area contributed by atoms with E-state index in [4.69, 9.17) is 19.4 Å². The van der Waals surface area contributed by atoms with Crippen LogP contribution in [-0.2, 0) is 11.2 Å². The maximum atomic E-state index is 13.5. The number of likely N-dealkylation sites (tertiary alicyclic amines) is 1. The number of rotatable bonds is 2. The largest absolute Gasteiger partial charge is 0.486 e. The number of carbonyl (C=O) groups excluding carboxylic acids is 2. The molecule has 0 unspecified atom stereocenters. The summed E-state index contributed by atoms with van der Waals surface area (Å²) in [5.41, 5.74) is 2.47. The molecule has 0 radical (unpaired) electrons. The number of aryl methyl sites for hydroxylation is 1. The zero-order chi connectivity index (χ0) is 21.5. The minimum atomic E-state index is -0.219. The summed E-state index contributed by atoms with van der Waals surface area (Å²) in [4.78, 5) is 38.7. The molecule has 8 heteroatoms. The molecule has 1 fully saturated rings. The van der Waals surface area contributed by atoms with Crippen LogP contribution in [0.1, 0.15) is 59.2 Å². The molecule has 0 spiro atoms. The third-order valence-corrected chi connectivity index (χ3v) is 6.34. The number of fused-ring (bicyclic) bond motifs is 2. The van der Waals surface area contributed by atoms with Gasteiger partial charge in [0.1, 0.15) is 19.0 Å². The second kappa shape index (κ2) is 7.83. The van der Waals surface area contributed by atoms with Crippen molar-refractivity contribution in [3.63, 3.8) is 0 Å². The zero-order valence-electron chi connectivity index (χ0n) is 17.9. The Morgan fingerprint density at radius 2 is 1.90 bits per heavy atom.